The minimum Gasteiger partial charge on any atom is -0.433 e. The third-order valence-electron chi connectivity index (χ3n) is 5.92. The zero-order valence-corrected chi connectivity index (χ0v) is 17.1. The topological polar surface area (TPSA) is 9.23 Å². The summed E-state index contributed by atoms with van der Waals surface area (Å²) >= 11 is 0. The Morgan fingerprint density at radius 1 is 0.857 bits per heavy atom. The van der Waals surface area contributed by atoms with Crippen molar-refractivity contribution in [2.24, 2.45) is 5.92 Å². The number of hydrogen-bond donors (Lipinski definition) is 0. The number of halogens is 2. The molecule has 0 radical (unpaired) electrons. The van der Waals surface area contributed by atoms with Gasteiger partial charge in [-0.1, -0.05) is 56.2 Å². The highest BCUT2D eigenvalue weighted by Gasteiger charge is 2.23. The fourth-order valence-corrected chi connectivity index (χ4v) is 4.37. The zero-order chi connectivity index (χ0) is 20.0. The van der Waals surface area contributed by atoms with Crippen LogP contribution in [0, 0.1) is 5.92 Å². The molecule has 2 aromatic rings. The van der Waals surface area contributed by atoms with Crippen LogP contribution in [0.1, 0.15) is 75.0 Å². The summed E-state index contributed by atoms with van der Waals surface area (Å²) in [6.45, 7) is 3.04. The van der Waals surface area contributed by atoms with Gasteiger partial charge in [-0.25, -0.2) is 0 Å². The summed E-state index contributed by atoms with van der Waals surface area (Å²) < 4.78 is 30.3. The van der Waals surface area contributed by atoms with Crippen molar-refractivity contribution in [1.29, 1.82) is 0 Å². The maximum atomic E-state index is 12.9. The summed E-state index contributed by atoms with van der Waals surface area (Å²) in [5.41, 5.74) is 3.94. The van der Waals surface area contributed by atoms with Crippen molar-refractivity contribution in [1.82, 2.24) is 0 Å². The van der Waals surface area contributed by atoms with E-state index in [0.717, 1.165) is 37.2 Å². The summed E-state index contributed by atoms with van der Waals surface area (Å²) in [5, 5.41) is 0. The molecule has 0 unspecified atom stereocenters. The van der Waals surface area contributed by atoms with E-state index in [1.165, 1.54) is 49.7 Å². The van der Waals surface area contributed by atoms with Crippen molar-refractivity contribution >= 4 is 0 Å². The largest absolute Gasteiger partial charge is 0.433 e. The first kappa shape index (κ1) is 20.8. The van der Waals surface area contributed by atoms with Crippen LogP contribution in [0.15, 0.2) is 48.5 Å². The molecule has 0 spiro atoms. The normalized spacial score (nSPS) is 20.1. The minimum absolute atomic E-state index is 0.203. The average Bonchev–Trinajstić information content (AvgIpc) is 2.68. The molecule has 0 heterocycles. The molecule has 0 atom stereocenters. The molecule has 3 heteroatoms. The average molecular weight is 387 g/mol. The van der Waals surface area contributed by atoms with Gasteiger partial charge in [-0.3, -0.25) is 0 Å². The maximum absolute atomic E-state index is 12.9. The first-order valence-electron chi connectivity index (χ1n) is 10.7. The van der Waals surface area contributed by atoms with Crippen LogP contribution < -0.4 is 4.74 Å². The summed E-state index contributed by atoms with van der Waals surface area (Å²) in [6.07, 6.45) is 6.82. The number of rotatable bonds is 8. The van der Waals surface area contributed by atoms with Gasteiger partial charge in [0.25, 0.3) is 0 Å². The van der Waals surface area contributed by atoms with E-state index >= 15 is 0 Å². The molecule has 152 valence electrons. The Morgan fingerprint density at radius 2 is 1.39 bits per heavy atom. The molecule has 2 aromatic carbocycles. The van der Waals surface area contributed by atoms with Gasteiger partial charge in [0.05, 0.1) is 0 Å². The maximum Gasteiger partial charge on any atom is 0.394 e. The van der Waals surface area contributed by atoms with Gasteiger partial charge < -0.3 is 4.74 Å². The lowest BCUT2D eigenvalue weighted by Gasteiger charge is -2.28. The predicted molar refractivity (Wildman–Crippen MR) is 111 cm³/mol. The second-order valence-corrected chi connectivity index (χ2v) is 8.30. The van der Waals surface area contributed by atoms with Crippen LogP contribution in [0.3, 0.4) is 0 Å². The van der Waals surface area contributed by atoms with Crippen molar-refractivity contribution < 1.29 is 13.5 Å². The highest BCUT2D eigenvalue weighted by Crippen LogP contribution is 2.37. The van der Waals surface area contributed by atoms with Gasteiger partial charge in [-0.05, 0) is 79.2 Å². The van der Waals surface area contributed by atoms with Crippen LogP contribution in [0.5, 0.6) is 5.75 Å². The van der Waals surface area contributed by atoms with Crippen LogP contribution in [0.25, 0.3) is 0 Å². The number of aryl methyl sites for hydroxylation is 2. The van der Waals surface area contributed by atoms with Crippen LogP contribution in [-0.2, 0) is 12.8 Å². The predicted octanol–water partition coefficient (Wildman–Crippen LogP) is 7.54. The molecule has 1 nitrogen and oxygen atoms in total. The Hall–Kier alpha value is -1.90. The molecule has 0 aliphatic heterocycles. The summed E-state index contributed by atoms with van der Waals surface area (Å²) in [5.74, 6) is 1.88. The van der Waals surface area contributed by atoms with E-state index in [9.17, 15) is 8.78 Å². The van der Waals surface area contributed by atoms with Gasteiger partial charge in [-0.15, -0.1) is 0 Å². The Kier molecular flexibility index (Phi) is 7.09. The molecule has 3 rings (SSSR count). The molecule has 0 bridgehead atoms. The molecule has 1 saturated carbocycles. The molecular weight excluding hydrogens is 354 g/mol. The number of hydrogen-bond acceptors (Lipinski definition) is 1. The van der Waals surface area contributed by atoms with Gasteiger partial charge >= 0.3 is 6.11 Å². The Balaban J connectivity index is 1.48. The van der Waals surface area contributed by atoms with Gasteiger partial charge in [0.15, 0.2) is 0 Å². The van der Waals surface area contributed by atoms with E-state index in [1.807, 2.05) is 12.1 Å². The fourth-order valence-electron chi connectivity index (χ4n) is 4.37. The third-order valence-corrected chi connectivity index (χ3v) is 5.92. The molecule has 1 aliphatic rings. The first-order chi connectivity index (χ1) is 13.4. The smallest absolute Gasteiger partial charge is 0.394 e. The lowest BCUT2D eigenvalue weighted by molar-refractivity contribution is -0.158. The summed E-state index contributed by atoms with van der Waals surface area (Å²) in [7, 11) is 0. The van der Waals surface area contributed by atoms with E-state index in [2.05, 4.69) is 35.9 Å². The summed E-state index contributed by atoms with van der Waals surface area (Å²) in [4.78, 5) is 0. The quantitative estimate of drug-likeness (QED) is 0.455. The van der Waals surface area contributed by atoms with E-state index in [4.69, 9.17) is 0 Å². The van der Waals surface area contributed by atoms with Crippen molar-refractivity contribution in [3.63, 3.8) is 0 Å². The number of benzene rings is 2. The second kappa shape index (κ2) is 9.54. The molecule has 28 heavy (non-hydrogen) atoms. The highest BCUT2D eigenvalue weighted by atomic mass is 19.3. The Morgan fingerprint density at radius 3 is 1.89 bits per heavy atom. The lowest BCUT2D eigenvalue weighted by Crippen LogP contribution is -2.18. The molecule has 0 saturated heterocycles. The van der Waals surface area contributed by atoms with E-state index in [-0.39, 0.29) is 5.75 Å². The monoisotopic (exact) mass is 386 g/mol. The Labute approximate surface area is 168 Å². The molecule has 0 amide bonds. The molecule has 1 fully saturated rings. The SMILES string of the molecule is CCCC1CCC(c2ccc(CCc3ccc(OC(C)(F)F)cc3)cc2)CC1. The van der Waals surface area contributed by atoms with Gasteiger partial charge in [0.1, 0.15) is 5.75 Å². The van der Waals surface area contributed by atoms with Crippen LogP contribution >= 0.6 is 0 Å². The standard InChI is InChI=1S/C25H32F2O/c1-3-4-19-7-13-22(14-8-19)23-15-9-20(10-16-23)5-6-21-11-17-24(18-12-21)28-25(2,26)27/h9-12,15-19,22H,3-8,13-14H2,1-2H3. The van der Waals surface area contributed by atoms with Gasteiger partial charge in [-0.2, -0.15) is 8.78 Å². The van der Waals surface area contributed by atoms with Crippen LogP contribution in [0.4, 0.5) is 8.78 Å². The van der Waals surface area contributed by atoms with Gasteiger partial charge in [0, 0.05) is 6.92 Å². The van der Waals surface area contributed by atoms with E-state index in [0.29, 0.717) is 0 Å². The molecule has 0 N–H and O–H groups in total. The number of ether oxygens (including phenoxy) is 1. The van der Waals surface area contributed by atoms with Crippen molar-refractivity contribution in [3.05, 3.63) is 65.2 Å². The summed E-state index contributed by atoms with van der Waals surface area (Å²) in [6, 6.07) is 16.1. The van der Waals surface area contributed by atoms with Crippen LogP contribution in [0.2, 0.25) is 0 Å². The second-order valence-electron chi connectivity index (χ2n) is 8.30. The zero-order valence-electron chi connectivity index (χ0n) is 17.1. The van der Waals surface area contributed by atoms with Crippen molar-refractivity contribution in [2.45, 2.75) is 77.2 Å². The van der Waals surface area contributed by atoms with Crippen molar-refractivity contribution in [3.8, 4) is 5.75 Å². The molecular formula is C25H32F2O. The molecule has 1 aliphatic carbocycles. The highest BCUT2D eigenvalue weighted by molar-refractivity contribution is 5.30. The third kappa shape index (κ3) is 6.32. The minimum atomic E-state index is -3.14. The van der Waals surface area contributed by atoms with E-state index in [1.54, 1.807) is 12.1 Å². The lowest BCUT2D eigenvalue weighted by atomic mass is 9.77. The van der Waals surface area contributed by atoms with Crippen LogP contribution in [-0.4, -0.2) is 6.11 Å². The first-order valence-corrected chi connectivity index (χ1v) is 10.7. The number of alkyl halides is 2. The van der Waals surface area contributed by atoms with E-state index < -0.39 is 6.11 Å². The van der Waals surface area contributed by atoms with Gasteiger partial charge in [0.2, 0.25) is 0 Å². The van der Waals surface area contributed by atoms with Crippen molar-refractivity contribution in [2.75, 3.05) is 0 Å². The Bertz CT molecular complexity index is 708. The fraction of sp³-hybridized carbons (Fsp3) is 0.520. The molecule has 0 aromatic heterocycles.